The number of hydrogen-bond acceptors (Lipinski definition) is 0. The summed E-state index contributed by atoms with van der Waals surface area (Å²) in [7, 11) is 2.54. The number of hydrogen-bond donors (Lipinski definition) is 0. The Kier molecular flexibility index (Phi) is 12.1. The van der Waals surface area contributed by atoms with Crippen LogP contribution in [0.1, 0.15) is 169 Å². The van der Waals surface area contributed by atoms with Gasteiger partial charge in [0.15, 0.2) is 0 Å². The van der Waals surface area contributed by atoms with Gasteiger partial charge in [0.05, 0.1) is 0 Å². The zero-order valence-electron chi connectivity index (χ0n) is 38.1. The SMILES string of the molecule is CC(C)(C)c1cc(C(C)(C)C)c(P=c2c(=Pc3c(C(C)(C)C)cc(C(C)(C)C)cc3C(C)(C)C)c(=C/c3ccccc3)/c2=C\c2ccccc2)c(C(C)(C)C)c1. The highest BCUT2D eigenvalue weighted by molar-refractivity contribution is 7.42. The van der Waals surface area contributed by atoms with E-state index in [1.165, 1.54) is 91.8 Å². The van der Waals surface area contributed by atoms with Gasteiger partial charge in [0.1, 0.15) is 0 Å². The minimum absolute atomic E-state index is 0.0284. The van der Waals surface area contributed by atoms with Crippen molar-refractivity contribution in [1.29, 1.82) is 0 Å². The summed E-state index contributed by atoms with van der Waals surface area (Å²) in [6, 6.07) is 32.0. The third-order valence-corrected chi connectivity index (χ3v) is 13.8. The largest absolute Gasteiger partial charge is 0.0622 e. The average molecular weight is 781 g/mol. The molecule has 0 spiro atoms. The standard InChI is InChI=1S/C54H70P2/c1-49(2,3)37-31-41(51(7,8)9)47(42(32-37)52(10,11)12)55-45-39(29-35-25-21-19-22-26-35)40(30-36-27-23-20-24-28-36)46(45)56-48-43(53(13,14)15)33-38(50(4,5)6)34-44(48)54(16,17)18/h19-34H,1-18H3/b39-29+,40-30+. The Morgan fingerprint density at radius 1 is 0.339 bits per heavy atom. The maximum Gasteiger partial charge on any atom is 0.0228 e. The highest BCUT2D eigenvalue weighted by atomic mass is 31.1. The molecule has 0 aromatic heterocycles. The fraction of sp³-hybridized carbons (Fsp3) is 0.444. The summed E-state index contributed by atoms with van der Waals surface area (Å²) < 4.78 is 0. The maximum atomic E-state index is 2.54. The van der Waals surface area contributed by atoms with Gasteiger partial charge < -0.3 is 0 Å². The van der Waals surface area contributed by atoms with Crippen LogP contribution in [0.25, 0.3) is 12.2 Å². The van der Waals surface area contributed by atoms with Crippen LogP contribution in [0.4, 0.5) is 0 Å². The van der Waals surface area contributed by atoms with E-state index in [-0.39, 0.29) is 32.5 Å². The van der Waals surface area contributed by atoms with E-state index in [0.29, 0.717) is 0 Å². The van der Waals surface area contributed by atoms with Gasteiger partial charge in [-0.15, -0.1) is 0 Å². The molecule has 5 rings (SSSR count). The fourth-order valence-electron chi connectivity index (χ4n) is 7.28. The van der Waals surface area contributed by atoms with E-state index in [4.69, 9.17) is 0 Å². The second-order valence-corrected chi connectivity index (χ2v) is 24.4. The molecule has 296 valence electrons. The molecular weight excluding hydrogens is 711 g/mol. The monoisotopic (exact) mass is 780 g/mol. The van der Waals surface area contributed by atoms with Crippen molar-refractivity contribution in [2.24, 2.45) is 0 Å². The Hall–Kier alpha value is -3.30. The fourth-order valence-corrected chi connectivity index (χ4v) is 11.2. The van der Waals surface area contributed by atoms with Gasteiger partial charge >= 0.3 is 0 Å². The van der Waals surface area contributed by atoms with Gasteiger partial charge in [-0.1, -0.05) is 226 Å². The highest BCUT2D eigenvalue weighted by Crippen LogP contribution is 2.38. The summed E-state index contributed by atoms with van der Waals surface area (Å²) in [5, 5.41) is 5.64. The summed E-state index contributed by atoms with van der Waals surface area (Å²) >= 11 is 0. The molecule has 0 saturated heterocycles. The zero-order valence-corrected chi connectivity index (χ0v) is 39.9. The predicted molar refractivity (Wildman–Crippen MR) is 253 cm³/mol. The first-order valence-corrected chi connectivity index (χ1v) is 22.5. The minimum Gasteiger partial charge on any atom is -0.0622 e. The van der Waals surface area contributed by atoms with E-state index in [1.807, 2.05) is 0 Å². The van der Waals surface area contributed by atoms with E-state index < -0.39 is 0 Å². The Balaban J connectivity index is 2.13. The van der Waals surface area contributed by atoms with Crippen molar-refractivity contribution in [3.05, 3.63) is 150 Å². The molecule has 0 N–H and O–H groups in total. The molecule has 0 saturated carbocycles. The molecule has 5 aromatic carbocycles. The molecule has 0 radical (unpaired) electrons. The minimum atomic E-state index is -0.0284. The third-order valence-electron chi connectivity index (χ3n) is 10.9. The van der Waals surface area contributed by atoms with Crippen molar-refractivity contribution in [3.63, 3.8) is 0 Å². The quantitative estimate of drug-likeness (QED) is 0.159. The predicted octanol–water partition coefficient (Wildman–Crippen LogP) is 13.6. The van der Waals surface area contributed by atoms with Gasteiger partial charge in [0.25, 0.3) is 0 Å². The van der Waals surface area contributed by atoms with Gasteiger partial charge in [0, 0.05) is 20.5 Å². The van der Waals surface area contributed by atoms with Gasteiger partial charge in [-0.25, -0.2) is 0 Å². The lowest BCUT2D eigenvalue weighted by Crippen LogP contribution is -2.37. The summed E-state index contributed by atoms with van der Waals surface area (Å²) in [6.45, 7) is 43.0. The van der Waals surface area contributed by atoms with Crippen LogP contribution in [-0.2, 0) is 32.5 Å². The van der Waals surface area contributed by atoms with Crippen LogP contribution < -0.4 is 21.0 Å². The van der Waals surface area contributed by atoms with Crippen LogP contribution in [0, 0.1) is 9.88 Å². The summed E-state index contributed by atoms with van der Waals surface area (Å²) in [5.74, 6) is 0. The molecular formula is C54H70P2. The molecule has 0 heterocycles. The Morgan fingerprint density at radius 2 is 0.589 bits per heavy atom. The van der Waals surface area contributed by atoms with Crippen LogP contribution in [0.2, 0.25) is 0 Å². The van der Waals surface area contributed by atoms with Crippen molar-refractivity contribution < 1.29 is 0 Å². The van der Waals surface area contributed by atoms with Crippen molar-refractivity contribution in [1.82, 2.24) is 0 Å². The summed E-state index contributed by atoms with van der Waals surface area (Å²) in [6.07, 6.45) is 4.90. The smallest absolute Gasteiger partial charge is 0.0228 e. The second kappa shape index (κ2) is 15.5. The second-order valence-electron chi connectivity index (χ2n) is 22.2. The lowest BCUT2D eigenvalue weighted by atomic mass is 9.75. The molecule has 0 aliphatic carbocycles. The molecule has 0 nitrogen and oxygen atoms in total. The molecule has 56 heavy (non-hydrogen) atoms. The molecule has 0 aliphatic heterocycles. The van der Waals surface area contributed by atoms with Crippen LogP contribution in [0.15, 0.2) is 84.9 Å². The van der Waals surface area contributed by atoms with E-state index in [1.54, 1.807) is 0 Å². The average Bonchev–Trinajstić information content (AvgIpc) is 3.06. The van der Waals surface area contributed by atoms with E-state index in [9.17, 15) is 0 Å². The van der Waals surface area contributed by atoms with Crippen LogP contribution in [-0.4, -0.2) is 0 Å². The first-order chi connectivity index (χ1) is 25.6. The first-order valence-electron chi connectivity index (χ1n) is 20.7. The van der Waals surface area contributed by atoms with Gasteiger partial charge in [-0.3, -0.25) is 0 Å². The van der Waals surface area contributed by atoms with Crippen LogP contribution in [0.3, 0.4) is 0 Å². The normalized spacial score (nSPS) is 15.0. The Morgan fingerprint density at radius 3 is 0.804 bits per heavy atom. The van der Waals surface area contributed by atoms with Crippen molar-refractivity contribution in [3.8, 4) is 0 Å². The van der Waals surface area contributed by atoms with Crippen molar-refractivity contribution in [2.75, 3.05) is 0 Å². The summed E-state index contributed by atoms with van der Waals surface area (Å²) in [5.41, 5.74) is 11.1. The highest BCUT2D eigenvalue weighted by Gasteiger charge is 2.31. The zero-order chi connectivity index (χ0) is 41.8. The van der Waals surface area contributed by atoms with Gasteiger partial charge in [0.2, 0.25) is 0 Å². The van der Waals surface area contributed by atoms with Crippen molar-refractivity contribution >= 4 is 39.2 Å². The molecule has 0 amide bonds. The first kappa shape index (κ1) is 43.8. The molecule has 0 aliphatic rings. The van der Waals surface area contributed by atoms with E-state index in [2.05, 4.69) is 222 Å². The number of benzene rings is 4. The topological polar surface area (TPSA) is 0 Å². The maximum absolute atomic E-state index is 2.54. The number of rotatable bonds is 4. The lowest BCUT2D eigenvalue weighted by Gasteiger charge is -2.33. The van der Waals surface area contributed by atoms with Gasteiger partial charge in [-0.2, -0.15) is 0 Å². The third kappa shape index (κ3) is 9.86. The van der Waals surface area contributed by atoms with E-state index in [0.717, 1.165) is 0 Å². The van der Waals surface area contributed by atoms with Crippen LogP contribution in [0.5, 0.6) is 0 Å². The lowest BCUT2D eigenvalue weighted by molar-refractivity contribution is 0.553. The van der Waals surface area contributed by atoms with Crippen LogP contribution >= 0.6 is 16.4 Å². The Bertz CT molecular complexity index is 2180. The molecule has 0 bridgehead atoms. The summed E-state index contributed by atoms with van der Waals surface area (Å²) in [4.78, 5) is 2.88. The molecule has 5 aromatic rings. The Labute approximate surface area is 344 Å². The molecule has 2 heteroatoms. The van der Waals surface area contributed by atoms with Gasteiger partial charge in [-0.05, 0) is 99.6 Å². The van der Waals surface area contributed by atoms with Crippen molar-refractivity contribution in [2.45, 2.75) is 157 Å². The molecule has 0 atom stereocenters. The molecule has 0 fully saturated rings. The molecule has 0 unspecified atom stereocenters. The van der Waals surface area contributed by atoms with E-state index >= 15 is 0 Å².